The Morgan fingerprint density at radius 3 is 2.05 bits per heavy atom. The van der Waals surface area contributed by atoms with Crippen LogP contribution in [0.25, 0.3) is 0 Å². The maximum atomic E-state index is 5.88. The second kappa shape index (κ2) is 14.0. The number of allylic oxidation sites excluding steroid dienone is 2. The van der Waals surface area contributed by atoms with Crippen LogP contribution in [0.2, 0.25) is 0 Å². The van der Waals surface area contributed by atoms with Crippen molar-refractivity contribution < 1.29 is 21.8 Å². The van der Waals surface area contributed by atoms with Crippen LogP contribution in [0, 0.1) is 5.41 Å². The van der Waals surface area contributed by atoms with Gasteiger partial charge in [-0.15, -0.1) is 0 Å². The molecule has 1 heterocycles. The van der Waals surface area contributed by atoms with E-state index in [-0.39, 0.29) is 34.6 Å². The Hall–Kier alpha value is -2.35. The first-order chi connectivity index (χ1) is 17.4. The SMILES string of the molecule is C[C@H](NCC1=N[C@@H](C(C)(C)C)CO1)C1=C(P(c2ccccc2)c2ccccc2)CC=C1.[Fe].c1cc[cH-]c1. The molecule has 5 rings (SSSR count). The summed E-state index contributed by atoms with van der Waals surface area (Å²) in [5, 5.41) is 8.02. The number of benzene rings is 2. The van der Waals surface area contributed by atoms with E-state index in [9.17, 15) is 0 Å². The van der Waals surface area contributed by atoms with Gasteiger partial charge in [-0.2, -0.15) is 18.2 Å². The minimum Gasteiger partial charge on any atom is -0.478 e. The third-order valence-corrected chi connectivity index (χ3v) is 9.14. The van der Waals surface area contributed by atoms with Crippen LogP contribution < -0.4 is 15.9 Å². The van der Waals surface area contributed by atoms with Crippen molar-refractivity contribution in [2.75, 3.05) is 13.2 Å². The molecule has 5 heteroatoms. The molecule has 3 aromatic rings. The Balaban J connectivity index is 0.000000568. The molecule has 0 spiro atoms. The standard InChI is InChI=1S/C27H33N2OP.C5H5.Fe/c1-20(28-18-26-29-25(19-30-26)27(2,3)4)23-16-11-17-24(23)31(21-12-7-5-8-13-21)22-14-9-6-10-15-22;1-2-4-5-3-1;/h5-16,20,25,28H,17-19H2,1-4H3;1-5H;/q;-1;/t20-,25+;;/m0../s1. The van der Waals surface area contributed by atoms with Crippen LogP contribution >= 0.6 is 7.92 Å². The summed E-state index contributed by atoms with van der Waals surface area (Å²) in [4.78, 5) is 4.81. The van der Waals surface area contributed by atoms with Crippen molar-refractivity contribution in [3.8, 4) is 0 Å². The molecule has 1 aliphatic carbocycles. The van der Waals surface area contributed by atoms with Crippen molar-refractivity contribution in [3.05, 3.63) is 114 Å². The second-order valence-electron chi connectivity index (χ2n) is 10.3. The number of hydrogen-bond donors (Lipinski definition) is 1. The summed E-state index contributed by atoms with van der Waals surface area (Å²) in [5.74, 6) is 0.837. The largest absolute Gasteiger partial charge is 0.478 e. The Labute approximate surface area is 234 Å². The predicted molar refractivity (Wildman–Crippen MR) is 156 cm³/mol. The summed E-state index contributed by atoms with van der Waals surface area (Å²) in [5.41, 5.74) is 1.54. The van der Waals surface area contributed by atoms with Crippen LogP contribution in [-0.4, -0.2) is 31.1 Å². The Kier molecular flexibility index (Phi) is 11.0. The molecule has 3 aromatic carbocycles. The fourth-order valence-electron chi connectivity index (χ4n) is 4.38. The summed E-state index contributed by atoms with van der Waals surface area (Å²) < 4.78 is 5.88. The van der Waals surface area contributed by atoms with Gasteiger partial charge >= 0.3 is 0 Å². The zero-order valence-corrected chi connectivity index (χ0v) is 24.2. The van der Waals surface area contributed by atoms with E-state index in [4.69, 9.17) is 9.73 Å². The Morgan fingerprint density at radius 2 is 1.57 bits per heavy atom. The molecule has 3 nitrogen and oxygen atoms in total. The molecule has 0 amide bonds. The van der Waals surface area contributed by atoms with E-state index in [0.29, 0.717) is 13.2 Å². The third kappa shape index (κ3) is 8.06. The van der Waals surface area contributed by atoms with Crippen molar-refractivity contribution in [2.24, 2.45) is 10.4 Å². The summed E-state index contributed by atoms with van der Waals surface area (Å²) >= 11 is 0. The number of rotatable bonds is 7. The van der Waals surface area contributed by atoms with E-state index < -0.39 is 7.92 Å². The van der Waals surface area contributed by atoms with Crippen LogP contribution in [0.5, 0.6) is 0 Å². The molecule has 0 saturated carbocycles. The summed E-state index contributed by atoms with van der Waals surface area (Å²) in [6, 6.07) is 32.4. The van der Waals surface area contributed by atoms with E-state index in [1.807, 2.05) is 30.3 Å². The summed E-state index contributed by atoms with van der Waals surface area (Å²) in [7, 11) is -0.552. The number of hydrogen-bond acceptors (Lipinski definition) is 3. The normalized spacial score (nSPS) is 17.5. The Bertz CT molecular complexity index is 1110. The maximum Gasteiger partial charge on any atom is 0.198 e. The molecule has 0 unspecified atom stereocenters. The van der Waals surface area contributed by atoms with Crippen molar-refractivity contribution in [1.29, 1.82) is 0 Å². The summed E-state index contributed by atoms with van der Waals surface area (Å²) in [6.45, 7) is 10.3. The average molecular weight is 553 g/mol. The zero-order valence-electron chi connectivity index (χ0n) is 22.2. The van der Waals surface area contributed by atoms with Crippen LogP contribution in [0.1, 0.15) is 34.1 Å². The molecular formula is C32H38FeN2OP-. The van der Waals surface area contributed by atoms with Gasteiger partial charge in [-0.25, -0.2) is 17.1 Å². The van der Waals surface area contributed by atoms with Crippen LogP contribution in [0.4, 0.5) is 0 Å². The fraction of sp³-hybridized carbons (Fsp3) is 0.312. The van der Waals surface area contributed by atoms with Crippen LogP contribution in [0.15, 0.2) is 119 Å². The van der Waals surface area contributed by atoms with Gasteiger partial charge in [-0.3, -0.25) is 0 Å². The quantitative estimate of drug-likeness (QED) is 0.204. The van der Waals surface area contributed by atoms with Crippen molar-refractivity contribution in [3.63, 3.8) is 0 Å². The molecule has 2 atom stereocenters. The van der Waals surface area contributed by atoms with Crippen molar-refractivity contribution in [2.45, 2.75) is 46.2 Å². The smallest absolute Gasteiger partial charge is 0.198 e. The van der Waals surface area contributed by atoms with Gasteiger partial charge < -0.3 is 10.1 Å². The average Bonchev–Trinajstić information content (AvgIpc) is 3.68. The second-order valence-corrected chi connectivity index (χ2v) is 12.5. The number of nitrogens with one attached hydrogen (secondary N) is 1. The molecule has 2 aliphatic rings. The zero-order chi connectivity index (χ0) is 25.4. The van der Waals surface area contributed by atoms with Gasteiger partial charge in [-0.1, -0.05) is 93.6 Å². The number of nitrogens with zero attached hydrogens (tertiary/aromatic N) is 1. The van der Waals surface area contributed by atoms with E-state index in [1.165, 1.54) is 21.5 Å². The number of ether oxygens (including phenoxy) is 1. The predicted octanol–water partition coefficient (Wildman–Crippen LogP) is 6.56. The first-order valence-corrected chi connectivity index (χ1v) is 14.2. The minimum absolute atomic E-state index is 0. The fourth-order valence-corrected chi connectivity index (χ4v) is 7.05. The van der Waals surface area contributed by atoms with E-state index in [1.54, 1.807) is 0 Å². The molecule has 0 bridgehead atoms. The van der Waals surface area contributed by atoms with Gasteiger partial charge in [0, 0.05) is 23.1 Å². The molecule has 0 saturated heterocycles. The molecule has 0 aromatic heterocycles. The van der Waals surface area contributed by atoms with Crippen LogP contribution in [-0.2, 0) is 21.8 Å². The van der Waals surface area contributed by atoms with Crippen molar-refractivity contribution in [1.82, 2.24) is 5.32 Å². The molecule has 0 radical (unpaired) electrons. The minimum atomic E-state index is -0.552. The van der Waals surface area contributed by atoms with Crippen LogP contribution in [0.3, 0.4) is 0 Å². The van der Waals surface area contributed by atoms with Gasteiger partial charge in [0.1, 0.15) is 6.61 Å². The van der Waals surface area contributed by atoms with Gasteiger partial charge in [0.25, 0.3) is 0 Å². The molecule has 196 valence electrons. The molecule has 37 heavy (non-hydrogen) atoms. The molecule has 1 aliphatic heterocycles. The summed E-state index contributed by atoms with van der Waals surface area (Å²) in [6.07, 6.45) is 5.63. The first kappa shape index (κ1) is 29.2. The monoisotopic (exact) mass is 553 g/mol. The van der Waals surface area contributed by atoms with E-state index in [0.717, 1.165) is 12.3 Å². The van der Waals surface area contributed by atoms with E-state index >= 15 is 0 Å². The first-order valence-electron chi connectivity index (χ1n) is 12.8. The van der Waals surface area contributed by atoms with Gasteiger partial charge in [-0.05, 0) is 48.2 Å². The molecular weight excluding hydrogens is 515 g/mol. The topological polar surface area (TPSA) is 33.6 Å². The number of aliphatic imine (C=N–C) groups is 1. The maximum absolute atomic E-state index is 5.88. The third-order valence-electron chi connectivity index (χ3n) is 6.53. The molecule has 0 fully saturated rings. The van der Waals surface area contributed by atoms with Crippen molar-refractivity contribution >= 4 is 24.4 Å². The van der Waals surface area contributed by atoms with Gasteiger partial charge in [0.15, 0.2) is 5.90 Å². The molecule has 1 N–H and O–H groups in total. The Morgan fingerprint density at radius 1 is 0.973 bits per heavy atom. The van der Waals surface area contributed by atoms with E-state index in [2.05, 4.69) is 106 Å². The van der Waals surface area contributed by atoms with Gasteiger partial charge in [0.2, 0.25) is 0 Å². The van der Waals surface area contributed by atoms with Gasteiger partial charge in [0.05, 0.1) is 12.6 Å².